The van der Waals surface area contributed by atoms with Crippen LogP contribution in [-0.4, -0.2) is 23.8 Å². The number of hydroxylamine groups is 2. The molecule has 0 aromatic heterocycles. The molecule has 0 aliphatic rings. The molecule has 0 amide bonds. The van der Waals surface area contributed by atoms with Crippen LogP contribution in [0, 0.1) is 5.41 Å². The Balaban J connectivity index is 1.91. The summed E-state index contributed by atoms with van der Waals surface area (Å²) in [6.07, 6.45) is 5.46. The van der Waals surface area contributed by atoms with Crippen molar-refractivity contribution in [2.75, 3.05) is 13.6 Å². The van der Waals surface area contributed by atoms with E-state index in [1.54, 1.807) is 17.2 Å². The topological polar surface area (TPSA) is 32.7 Å². The molecule has 2 aromatic rings. The van der Waals surface area contributed by atoms with Crippen LogP contribution in [-0.2, 0) is 11.4 Å². The Labute approximate surface area is 144 Å². The van der Waals surface area contributed by atoms with Gasteiger partial charge >= 0.3 is 0 Å². The van der Waals surface area contributed by atoms with E-state index in [-0.39, 0.29) is 11.2 Å². The van der Waals surface area contributed by atoms with Crippen molar-refractivity contribution in [2.45, 2.75) is 27.4 Å². The number of rotatable bonds is 6. The van der Waals surface area contributed by atoms with Crippen molar-refractivity contribution < 1.29 is 9.94 Å². The van der Waals surface area contributed by atoms with Gasteiger partial charge in [0.2, 0.25) is 0 Å². The lowest BCUT2D eigenvalue weighted by atomic mass is 9.96. The zero-order valence-electron chi connectivity index (χ0n) is 15.0. The van der Waals surface area contributed by atoms with E-state index >= 15 is 0 Å². The molecule has 0 spiro atoms. The molecule has 3 heteroatoms. The average molecular weight is 325 g/mol. The highest BCUT2D eigenvalue weighted by Crippen LogP contribution is 2.19. The van der Waals surface area contributed by atoms with Gasteiger partial charge in [-0.05, 0) is 33.9 Å². The maximum absolute atomic E-state index is 9.88. The standard InChI is InChI=1S/C21H27NO2/c1-21(2,3)14-12-19(23)13-15-22(4)24-16-18-10-7-9-17-8-5-6-11-20(17)18/h5-14,23H,15-16H2,1-4H3/b14-12+,19-13-. The van der Waals surface area contributed by atoms with Gasteiger partial charge in [0.05, 0.1) is 6.61 Å². The fourth-order valence-corrected chi connectivity index (χ4v) is 2.28. The molecule has 0 saturated heterocycles. The van der Waals surface area contributed by atoms with Crippen LogP contribution in [0.15, 0.2) is 66.5 Å². The predicted octanol–water partition coefficient (Wildman–Crippen LogP) is 5.25. The van der Waals surface area contributed by atoms with Gasteiger partial charge in [0.25, 0.3) is 0 Å². The summed E-state index contributed by atoms with van der Waals surface area (Å²) < 4.78 is 0. The number of allylic oxidation sites excluding steroid dienone is 2. The third-order valence-electron chi connectivity index (χ3n) is 3.63. The molecule has 0 atom stereocenters. The Morgan fingerprint density at radius 2 is 1.83 bits per heavy atom. The zero-order valence-corrected chi connectivity index (χ0v) is 15.0. The SMILES string of the molecule is CN(C/C=C(O)/C=C/C(C)(C)C)OCc1cccc2ccccc12. The van der Waals surface area contributed by atoms with Gasteiger partial charge in [-0.15, -0.1) is 0 Å². The summed E-state index contributed by atoms with van der Waals surface area (Å²) in [6, 6.07) is 14.5. The minimum atomic E-state index is 0.0542. The first kappa shape index (κ1) is 18.2. The lowest BCUT2D eigenvalue weighted by Crippen LogP contribution is -2.19. The first-order valence-corrected chi connectivity index (χ1v) is 8.24. The number of hydrogen-bond donors (Lipinski definition) is 1. The molecule has 0 heterocycles. The third kappa shape index (κ3) is 5.84. The van der Waals surface area contributed by atoms with Gasteiger partial charge in [0.1, 0.15) is 5.76 Å². The van der Waals surface area contributed by atoms with Crippen LogP contribution in [0.1, 0.15) is 26.3 Å². The van der Waals surface area contributed by atoms with E-state index in [0.717, 1.165) is 5.56 Å². The first-order chi connectivity index (χ1) is 11.3. The molecule has 3 nitrogen and oxygen atoms in total. The number of aliphatic hydroxyl groups excluding tert-OH is 1. The second-order valence-electron chi connectivity index (χ2n) is 7.05. The Bertz CT molecular complexity index is 721. The molecule has 128 valence electrons. The molecule has 0 saturated carbocycles. The van der Waals surface area contributed by atoms with E-state index in [9.17, 15) is 5.11 Å². The summed E-state index contributed by atoms with van der Waals surface area (Å²) in [4.78, 5) is 5.79. The Kier molecular flexibility index (Phi) is 6.18. The van der Waals surface area contributed by atoms with Crippen LogP contribution in [0.4, 0.5) is 0 Å². The zero-order chi connectivity index (χ0) is 17.6. The quantitative estimate of drug-likeness (QED) is 0.447. The number of benzene rings is 2. The molecule has 0 aliphatic carbocycles. The maximum atomic E-state index is 9.88. The van der Waals surface area contributed by atoms with Gasteiger partial charge in [-0.1, -0.05) is 69.3 Å². The molecule has 24 heavy (non-hydrogen) atoms. The van der Waals surface area contributed by atoms with E-state index in [1.807, 2.05) is 31.3 Å². The molecule has 0 bridgehead atoms. The van der Waals surface area contributed by atoms with E-state index < -0.39 is 0 Å². The largest absolute Gasteiger partial charge is 0.508 e. The highest BCUT2D eigenvalue weighted by molar-refractivity contribution is 5.85. The summed E-state index contributed by atoms with van der Waals surface area (Å²) >= 11 is 0. The Morgan fingerprint density at radius 1 is 1.12 bits per heavy atom. The van der Waals surface area contributed by atoms with Crippen molar-refractivity contribution in [2.24, 2.45) is 5.41 Å². The molecule has 0 radical (unpaired) electrons. The van der Waals surface area contributed by atoms with Crippen LogP contribution < -0.4 is 0 Å². The number of likely N-dealkylation sites (N-methyl/N-ethyl adjacent to an activating group) is 1. The fraction of sp³-hybridized carbons (Fsp3) is 0.333. The van der Waals surface area contributed by atoms with Crippen molar-refractivity contribution in [1.29, 1.82) is 0 Å². The van der Waals surface area contributed by atoms with Crippen LogP contribution in [0.3, 0.4) is 0 Å². The first-order valence-electron chi connectivity index (χ1n) is 8.24. The maximum Gasteiger partial charge on any atom is 0.112 e. The number of aliphatic hydroxyl groups is 1. The Morgan fingerprint density at radius 3 is 2.58 bits per heavy atom. The minimum absolute atomic E-state index is 0.0542. The van der Waals surface area contributed by atoms with Crippen molar-refractivity contribution in [3.63, 3.8) is 0 Å². The molecular weight excluding hydrogens is 298 g/mol. The lowest BCUT2D eigenvalue weighted by molar-refractivity contribution is -0.142. The normalized spacial score (nSPS) is 13.3. The minimum Gasteiger partial charge on any atom is -0.508 e. The van der Waals surface area contributed by atoms with Crippen LogP contribution >= 0.6 is 0 Å². The smallest absolute Gasteiger partial charge is 0.112 e. The van der Waals surface area contributed by atoms with Crippen molar-refractivity contribution >= 4 is 10.8 Å². The number of nitrogens with zero attached hydrogens (tertiary/aromatic N) is 1. The molecule has 0 unspecified atom stereocenters. The van der Waals surface area contributed by atoms with Gasteiger partial charge in [-0.25, -0.2) is 0 Å². The van der Waals surface area contributed by atoms with Gasteiger partial charge in [-0.2, -0.15) is 5.06 Å². The average Bonchev–Trinajstić information content (AvgIpc) is 2.55. The van der Waals surface area contributed by atoms with E-state index in [4.69, 9.17) is 4.84 Å². The highest BCUT2D eigenvalue weighted by Gasteiger charge is 2.05. The van der Waals surface area contributed by atoms with E-state index in [2.05, 4.69) is 45.0 Å². The molecule has 0 aliphatic heterocycles. The second kappa shape index (κ2) is 8.13. The van der Waals surface area contributed by atoms with Crippen molar-refractivity contribution in [3.8, 4) is 0 Å². The Hall–Kier alpha value is -2.10. The van der Waals surface area contributed by atoms with Crippen LogP contribution in [0.5, 0.6) is 0 Å². The van der Waals surface area contributed by atoms with Gasteiger partial charge in [-0.3, -0.25) is 4.84 Å². The number of fused-ring (bicyclic) bond motifs is 1. The van der Waals surface area contributed by atoms with Crippen molar-refractivity contribution in [3.05, 3.63) is 72.0 Å². The van der Waals surface area contributed by atoms with Crippen LogP contribution in [0.25, 0.3) is 10.8 Å². The molecule has 2 aromatic carbocycles. The van der Waals surface area contributed by atoms with E-state index in [0.29, 0.717) is 13.2 Å². The van der Waals surface area contributed by atoms with Crippen molar-refractivity contribution in [1.82, 2.24) is 5.06 Å². The summed E-state index contributed by atoms with van der Waals surface area (Å²) in [5.74, 6) is 0.255. The lowest BCUT2D eigenvalue weighted by Gasteiger charge is -2.16. The van der Waals surface area contributed by atoms with Gasteiger partial charge in [0, 0.05) is 13.6 Å². The monoisotopic (exact) mass is 325 g/mol. The summed E-state index contributed by atoms with van der Waals surface area (Å²) in [6.45, 7) is 7.30. The van der Waals surface area contributed by atoms with Gasteiger partial charge in [0.15, 0.2) is 0 Å². The third-order valence-corrected chi connectivity index (χ3v) is 3.63. The molecule has 0 fully saturated rings. The molecule has 2 rings (SSSR count). The molecule has 1 N–H and O–H groups in total. The predicted molar refractivity (Wildman–Crippen MR) is 101 cm³/mol. The number of hydrogen-bond acceptors (Lipinski definition) is 3. The summed E-state index contributed by atoms with van der Waals surface area (Å²) in [5.41, 5.74) is 1.21. The fourth-order valence-electron chi connectivity index (χ4n) is 2.28. The summed E-state index contributed by atoms with van der Waals surface area (Å²) in [7, 11) is 1.86. The summed E-state index contributed by atoms with van der Waals surface area (Å²) in [5, 5.41) is 14.0. The van der Waals surface area contributed by atoms with E-state index in [1.165, 1.54) is 10.8 Å². The van der Waals surface area contributed by atoms with Gasteiger partial charge < -0.3 is 5.11 Å². The highest BCUT2D eigenvalue weighted by atomic mass is 16.7. The molecular formula is C21H27NO2. The second-order valence-corrected chi connectivity index (χ2v) is 7.05. The van der Waals surface area contributed by atoms with Crippen LogP contribution in [0.2, 0.25) is 0 Å².